The maximum Gasteiger partial charge on any atom is 0.203 e. The molecule has 1 fully saturated rings. The van der Waals surface area contributed by atoms with Crippen LogP contribution in [0.15, 0.2) is 36.5 Å². The van der Waals surface area contributed by atoms with Crippen molar-refractivity contribution in [3.63, 3.8) is 0 Å². The van der Waals surface area contributed by atoms with Crippen molar-refractivity contribution in [2.45, 2.75) is 38.7 Å². The van der Waals surface area contributed by atoms with Gasteiger partial charge in [-0.1, -0.05) is 12.1 Å². The van der Waals surface area contributed by atoms with Crippen LogP contribution in [0.4, 0.5) is 0 Å². The number of allylic oxidation sites excluding steroid dienone is 1. The third-order valence-corrected chi connectivity index (χ3v) is 4.36. The Kier molecular flexibility index (Phi) is 5.53. The Labute approximate surface area is 148 Å². The molecule has 1 heterocycles. The van der Waals surface area contributed by atoms with Crippen molar-refractivity contribution >= 4 is 11.9 Å². The van der Waals surface area contributed by atoms with E-state index in [4.69, 9.17) is 9.47 Å². The Balaban J connectivity index is 1.75. The number of hydrogen-bond donors (Lipinski definition) is 0. The fourth-order valence-electron chi connectivity index (χ4n) is 3.05. The van der Waals surface area contributed by atoms with Gasteiger partial charge in [-0.3, -0.25) is 9.48 Å². The molecular weight excluding hydrogens is 316 g/mol. The Bertz CT molecular complexity index is 758. The lowest BCUT2D eigenvalue weighted by Crippen LogP contribution is -2.11. The van der Waals surface area contributed by atoms with E-state index in [1.165, 1.54) is 12.8 Å². The molecule has 25 heavy (non-hydrogen) atoms. The first-order valence-corrected chi connectivity index (χ1v) is 8.81. The number of aromatic nitrogens is 2. The first-order valence-electron chi connectivity index (χ1n) is 8.81. The summed E-state index contributed by atoms with van der Waals surface area (Å²) in [4.78, 5) is 12.2. The van der Waals surface area contributed by atoms with Crippen LogP contribution in [0.25, 0.3) is 6.08 Å². The molecule has 1 aliphatic carbocycles. The quantitative estimate of drug-likeness (QED) is 0.564. The minimum atomic E-state index is -0.0794. The molecule has 3 rings (SSSR count). The van der Waals surface area contributed by atoms with Crippen molar-refractivity contribution in [3.8, 4) is 11.5 Å². The molecule has 1 saturated carbocycles. The molecule has 5 nitrogen and oxygen atoms in total. The minimum absolute atomic E-state index is 0.0794. The van der Waals surface area contributed by atoms with Crippen LogP contribution in [-0.2, 0) is 7.05 Å². The number of nitrogens with zero attached hydrogens (tertiary/aromatic N) is 2. The summed E-state index contributed by atoms with van der Waals surface area (Å²) in [6.45, 7) is 2.52. The summed E-state index contributed by atoms with van der Waals surface area (Å²) >= 11 is 0. The van der Waals surface area contributed by atoms with Crippen molar-refractivity contribution in [2.24, 2.45) is 7.05 Å². The molecule has 0 atom stereocenters. The highest BCUT2D eigenvalue weighted by molar-refractivity contribution is 6.05. The van der Waals surface area contributed by atoms with E-state index in [1.807, 2.05) is 25.1 Å². The zero-order valence-corrected chi connectivity index (χ0v) is 14.8. The number of hydrogen-bond acceptors (Lipinski definition) is 4. The smallest absolute Gasteiger partial charge is 0.203 e. The van der Waals surface area contributed by atoms with E-state index in [9.17, 15) is 4.79 Å². The second-order valence-corrected chi connectivity index (χ2v) is 6.20. The number of ketones is 1. The van der Waals surface area contributed by atoms with E-state index in [2.05, 4.69) is 5.10 Å². The summed E-state index contributed by atoms with van der Waals surface area (Å²) in [5.41, 5.74) is 1.46. The van der Waals surface area contributed by atoms with Crippen LogP contribution < -0.4 is 9.47 Å². The van der Waals surface area contributed by atoms with Crippen LogP contribution in [0.2, 0.25) is 0 Å². The highest BCUT2D eigenvalue weighted by Crippen LogP contribution is 2.33. The molecule has 0 amide bonds. The molecule has 0 N–H and O–H groups in total. The number of carbonyl (C=O) groups excluding carboxylic acids is 1. The van der Waals surface area contributed by atoms with Crippen LogP contribution in [0.1, 0.15) is 48.7 Å². The Morgan fingerprint density at radius 3 is 2.76 bits per heavy atom. The fourth-order valence-corrected chi connectivity index (χ4v) is 3.05. The van der Waals surface area contributed by atoms with E-state index in [-0.39, 0.29) is 11.9 Å². The van der Waals surface area contributed by atoms with Crippen molar-refractivity contribution in [1.29, 1.82) is 0 Å². The highest BCUT2D eigenvalue weighted by atomic mass is 16.5. The molecule has 0 radical (unpaired) electrons. The highest BCUT2D eigenvalue weighted by Gasteiger charge is 2.18. The van der Waals surface area contributed by atoms with Gasteiger partial charge in [0.2, 0.25) is 5.78 Å². The SMILES string of the molecule is CCOc1cc(/C=C/C(=O)c2ccnn2C)ccc1OC1CCCC1. The number of carbonyl (C=O) groups is 1. The molecule has 0 bridgehead atoms. The zero-order valence-electron chi connectivity index (χ0n) is 14.8. The molecule has 1 aromatic carbocycles. The Morgan fingerprint density at radius 1 is 1.28 bits per heavy atom. The maximum atomic E-state index is 12.2. The van der Waals surface area contributed by atoms with E-state index < -0.39 is 0 Å². The summed E-state index contributed by atoms with van der Waals surface area (Å²) in [6, 6.07) is 7.50. The average molecular weight is 340 g/mol. The molecule has 1 aliphatic rings. The maximum absolute atomic E-state index is 12.2. The van der Waals surface area contributed by atoms with Crippen LogP contribution >= 0.6 is 0 Å². The molecule has 0 spiro atoms. The van der Waals surface area contributed by atoms with Gasteiger partial charge >= 0.3 is 0 Å². The minimum Gasteiger partial charge on any atom is -0.490 e. The molecule has 132 valence electrons. The number of aryl methyl sites for hydroxylation is 1. The van der Waals surface area contributed by atoms with Crippen molar-refractivity contribution in [2.75, 3.05) is 6.61 Å². The topological polar surface area (TPSA) is 53.3 Å². The molecule has 2 aromatic rings. The first kappa shape index (κ1) is 17.3. The van der Waals surface area contributed by atoms with Crippen LogP contribution in [0.3, 0.4) is 0 Å². The predicted octanol–water partition coefficient (Wildman–Crippen LogP) is 4.04. The lowest BCUT2D eigenvalue weighted by atomic mass is 10.1. The van der Waals surface area contributed by atoms with Crippen molar-refractivity contribution in [3.05, 3.63) is 47.8 Å². The van der Waals surface area contributed by atoms with E-state index in [1.54, 1.807) is 36.1 Å². The summed E-state index contributed by atoms with van der Waals surface area (Å²) in [7, 11) is 1.75. The van der Waals surface area contributed by atoms with Crippen LogP contribution in [0.5, 0.6) is 11.5 Å². The third-order valence-electron chi connectivity index (χ3n) is 4.36. The summed E-state index contributed by atoms with van der Waals surface area (Å²) in [5, 5.41) is 4.02. The number of rotatable bonds is 7. The molecule has 0 aliphatic heterocycles. The average Bonchev–Trinajstić information content (AvgIpc) is 3.26. The van der Waals surface area contributed by atoms with Gasteiger partial charge < -0.3 is 9.47 Å². The van der Waals surface area contributed by atoms with Crippen LogP contribution in [0, 0.1) is 0 Å². The summed E-state index contributed by atoms with van der Waals surface area (Å²) in [6.07, 6.45) is 9.91. The van der Waals surface area contributed by atoms with Gasteiger partial charge in [0, 0.05) is 13.2 Å². The van der Waals surface area contributed by atoms with Gasteiger partial charge in [-0.15, -0.1) is 0 Å². The number of benzene rings is 1. The molecular formula is C20H24N2O3. The first-order chi connectivity index (χ1) is 12.2. The fraction of sp³-hybridized carbons (Fsp3) is 0.400. The lowest BCUT2D eigenvalue weighted by molar-refractivity contribution is 0.103. The van der Waals surface area contributed by atoms with Crippen LogP contribution in [-0.4, -0.2) is 28.3 Å². The van der Waals surface area contributed by atoms with Gasteiger partial charge in [0.25, 0.3) is 0 Å². The monoisotopic (exact) mass is 340 g/mol. The number of ether oxygens (including phenoxy) is 2. The van der Waals surface area contributed by atoms with Gasteiger partial charge in [0.1, 0.15) is 5.69 Å². The van der Waals surface area contributed by atoms with Gasteiger partial charge in [-0.2, -0.15) is 5.10 Å². The lowest BCUT2D eigenvalue weighted by Gasteiger charge is -2.17. The predicted molar refractivity (Wildman–Crippen MR) is 97.1 cm³/mol. The van der Waals surface area contributed by atoms with E-state index in [0.717, 1.165) is 29.9 Å². The van der Waals surface area contributed by atoms with Gasteiger partial charge in [-0.05, 0) is 62.4 Å². The largest absolute Gasteiger partial charge is 0.490 e. The molecule has 5 heteroatoms. The van der Waals surface area contributed by atoms with Crippen molar-refractivity contribution < 1.29 is 14.3 Å². The van der Waals surface area contributed by atoms with Gasteiger partial charge in [0.05, 0.1) is 12.7 Å². The Hall–Kier alpha value is -2.56. The molecule has 0 saturated heterocycles. The second-order valence-electron chi connectivity index (χ2n) is 6.20. The molecule has 0 unspecified atom stereocenters. The third kappa shape index (κ3) is 4.29. The van der Waals surface area contributed by atoms with Crippen molar-refractivity contribution in [1.82, 2.24) is 9.78 Å². The zero-order chi connectivity index (χ0) is 17.6. The van der Waals surface area contributed by atoms with E-state index in [0.29, 0.717) is 12.3 Å². The summed E-state index contributed by atoms with van der Waals surface area (Å²) in [5.74, 6) is 1.43. The Morgan fingerprint density at radius 2 is 2.08 bits per heavy atom. The molecule has 1 aromatic heterocycles. The second kappa shape index (κ2) is 8.01. The standard InChI is InChI=1S/C20H24N2O3/c1-3-24-20-14-15(8-10-18(23)17-12-13-21-22(17)2)9-11-19(20)25-16-6-4-5-7-16/h8-14,16H,3-7H2,1-2H3/b10-8+. The van der Waals surface area contributed by atoms with Gasteiger partial charge in [0.15, 0.2) is 11.5 Å². The van der Waals surface area contributed by atoms with Gasteiger partial charge in [-0.25, -0.2) is 0 Å². The van der Waals surface area contributed by atoms with E-state index >= 15 is 0 Å². The normalized spacial score (nSPS) is 15.0. The summed E-state index contributed by atoms with van der Waals surface area (Å²) < 4.78 is 13.4.